The molecule has 1 saturated heterocycles. The Morgan fingerprint density at radius 2 is 1.83 bits per heavy atom. The van der Waals surface area contributed by atoms with Gasteiger partial charge in [-0.05, 0) is 24.3 Å². The average molecular weight is 400 g/mol. The Balaban J connectivity index is 1.58. The Morgan fingerprint density at radius 1 is 1.17 bits per heavy atom. The number of hydrogen-bond donors (Lipinski definition) is 1. The molecule has 0 radical (unpaired) electrons. The third-order valence-electron chi connectivity index (χ3n) is 3.69. The largest absolute Gasteiger partial charge is 0.354 e. The third kappa shape index (κ3) is 6.53. The maximum Gasteiger partial charge on any atom is 0.234 e. The van der Waals surface area contributed by atoms with Crippen LogP contribution < -0.4 is 5.32 Å². The first-order valence-electron chi connectivity index (χ1n) is 7.67. The molecule has 1 aromatic carbocycles. The van der Waals surface area contributed by atoms with Gasteiger partial charge in [0.15, 0.2) is 0 Å². The summed E-state index contributed by atoms with van der Waals surface area (Å²) in [7, 11) is 0. The number of halogens is 1. The molecule has 0 aromatic heterocycles. The summed E-state index contributed by atoms with van der Waals surface area (Å²) in [6.07, 6.45) is 0. The second-order valence-electron chi connectivity index (χ2n) is 5.43. The van der Waals surface area contributed by atoms with Crippen molar-refractivity contribution < 1.29 is 9.59 Å². The molecule has 2 amide bonds. The van der Waals surface area contributed by atoms with Crippen molar-refractivity contribution in [1.82, 2.24) is 15.1 Å². The lowest BCUT2D eigenvalue weighted by molar-refractivity contribution is -0.130. The van der Waals surface area contributed by atoms with Crippen LogP contribution in [0.25, 0.3) is 0 Å². The highest BCUT2D eigenvalue weighted by Gasteiger charge is 2.19. The number of carbonyl (C=O) groups is 2. The van der Waals surface area contributed by atoms with E-state index in [0.717, 1.165) is 23.3 Å². The number of rotatable bonds is 6. The van der Waals surface area contributed by atoms with Crippen molar-refractivity contribution in [3.63, 3.8) is 0 Å². The summed E-state index contributed by atoms with van der Waals surface area (Å²) in [6, 6.07) is 8.15. The van der Waals surface area contributed by atoms with Gasteiger partial charge in [0.05, 0.1) is 6.54 Å². The smallest absolute Gasteiger partial charge is 0.234 e. The van der Waals surface area contributed by atoms with Crippen molar-refractivity contribution >= 4 is 39.5 Å². The topological polar surface area (TPSA) is 52.7 Å². The molecule has 23 heavy (non-hydrogen) atoms. The van der Waals surface area contributed by atoms with Gasteiger partial charge in [-0.3, -0.25) is 14.5 Å². The quantitative estimate of drug-likeness (QED) is 0.585. The van der Waals surface area contributed by atoms with E-state index in [9.17, 15) is 9.59 Å². The summed E-state index contributed by atoms with van der Waals surface area (Å²) in [4.78, 5) is 28.3. The number of nitrogens with zero attached hydrogens (tertiary/aromatic N) is 2. The molecule has 0 atom stereocenters. The lowest BCUT2D eigenvalue weighted by Crippen LogP contribution is -2.50. The maximum absolute atomic E-state index is 11.9. The van der Waals surface area contributed by atoms with Gasteiger partial charge in [-0.1, -0.05) is 15.9 Å². The Hall–Kier alpha value is -1.05. The highest BCUT2D eigenvalue weighted by molar-refractivity contribution is 9.10. The number of hydrogen-bond acceptors (Lipinski definition) is 4. The molecule has 7 heteroatoms. The third-order valence-corrected chi connectivity index (χ3v) is 5.23. The monoisotopic (exact) mass is 399 g/mol. The van der Waals surface area contributed by atoms with Crippen LogP contribution >= 0.6 is 27.7 Å². The summed E-state index contributed by atoms with van der Waals surface area (Å²) in [5.41, 5.74) is 0. The molecule has 1 aliphatic heterocycles. The molecule has 0 saturated carbocycles. The number of piperazine rings is 1. The molecule has 0 bridgehead atoms. The van der Waals surface area contributed by atoms with Crippen LogP contribution in [0.1, 0.15) is 6.92 Å². The Kier molecular flexibility index (Phi) is 7.39. The highest BCUT2D eigenvalue weighted by atomic mass is 79.9. The van der Waals surface area contributed by atoms with Crippen LogP contribution in [0.5, 0.6) is 0 Å². The molecular weight excluding hydrogens is 378 g/mol. The summed E-state index contributed by atoms with van der Waals surface area (Å²) in [6.45, 7) is 5.61. The van der Waals surface area contributed by atoms with E-state index in [0.29, 0.717) is 26.2 Å². The molecule has 1 fully saturated rings. The highest BCUT2D eigenvalue weighted by Crippen LogP contribution is 2.19. The van der Waals surface area contributed by atoms with Crippen LogP contribution in [0, 0.1) is 0 Å². The van der Waals surface area contributed by atoms with E-state index >= 15 is 0 Å². The zero-order chi connectivity index (χ0) is 16.7. The fourth-order valence-corrected chi connectivity index (χ4v) is 3.40. The maximum atomic E-state index is 11.9. The van der Waals surface area contributed by atoms with Gasteiger partial charge in [0.25, 0.3) is 0 Å². The van der Waals surface area contributed by atoms with E-state index in [1.54, 1.807) is 18.7 Å². The molecule has 0 spiro atoms. The van der Waals surface area contributed by atoms with Gasteiger partial charge in [0.1, 0.15) is 0 Å². The molecule has 5 nitrogen and oxygen atoms in total. The number of benzene rings is 1. The van der Waals surface area contributed by atoms with Crippen molar-refractivity contribution in [2.24, 2.45) is 0 Å². The molecule has 1 aromatic rings. The number of carbonyl (C=O) groups excluding carboxylic acids is 2. The normalized spacial score (nSPS) is 15.5. The fourth-order valence-electron chi connectivity index (χ4n) is 2.37. The number of amides is 2. The van der Waals surface area contributed by atoms with Gasteiger partial charge in [0, 0.05) is 54.8 Å². The molecule has 126 valence electrons. The average Bonchev–Trinajstić information content (AvgIpc) is 2.54. The van der Waals surface area contributed by atoms with Gasteiger partial charge in [-0.25, -0.2) is 0 Å². The summed E-state index contributed by atoms with van der Waals surface area (Å²) in [5.74, 6) is 1.02. The van der Waals surface area contributed by atoms with Crippen LogP contribution in [0.15, 0.2) is 33.6 Å². The minimum Gasteiger partial charge on any atom is -0.354 e. The predicted octanol–water partition coefficient (Wildman–Crippen LogP) is 1.82. The van der Waals surface area contributed by atoms with E-state index in [4.69, 9.17) is 0 Å². The molecular formula is C16H22BrN3O2S. The van der Waals surface area contributed by atoms with Crippen molar-refractivity contribution in [2.45, 2.75) is 11.8 Å². The van der Waals surface area contributed by atoms with Crippen LogP contribution in [0.3, 0.4) is 0 Å². The van der Waals surface area contributed by atoms with E-state index in [1.165, 1.54) is 4.90 Å². The van der Waals surface area contributed by atoms with Crippen molar-refractivity contribution in [3.05, 3.63) is 28.7 Å². The van der Waals surface area contributed by atoms with Crippen molar-refractivity contribution in [1.29, 1.82) is 0 Å². The van der Waals surface area contributed by atoms with Gasteiger partial charge in [-0.2, -0.15) is 0 Å². The fraction of sp³-hybridized carbons (Fsp3) is 0.500. The molecule has 2 rings (SSSR count). The molecule has 0 aliphatic carbocycles. The predicted molar refractivity (Wildman–Crippen MR) is 96.6 cm³/mol. The first-order valence-corrected chi connectivity index (χ1v) is 9.45. The zero-order valence-electron chi connectivity index (χ0n) is 13.3. The van der Waals surface area contributed by atoms with Crippen LogP contribution in [0.2, 0.25) is 0 Å². The summed E-state index contributed by atoms with van der Waals surface area (Å²) in [5, 5.41) is 2.95. The number of nitrogens with one attached hydrogen (secondary N) is 1. The van der Waals surface area contributed by atoms with E-state index < -0.39 is 0 Å². The van der Waals surface area contributed by atoms with E-state index in [2.05, 4.69) is 38.3 Å². The summed E-state index contributed by atoms with van der Waals surface area (Å²) < 4.78 is 1.07. The standard InChI is InChI=1S/C16H22BrN3O2S/c1-13(21)20-9-7-19(8-10-20)12-16(22)18-6-11-23-15-4-2-14(17)3-5-15/h2-5H,6-12H2,1H3,(H,18,22). The SMILES string of the molecule is CC(=O)N1CCN(CC(=O)NCCSc2ccc(Br)cc2)CC1. The first-order chi connectivity index (χ1) is 11.0. The lowest BCUT2D eigenvalue weighted by Gasteiger charge is -2.33. The molecule has 1 N–H and O–H groups in total. The molecule has 0 unspecified atom stereocenters. The Bertz CT molecular complexity index is 531. The van der Waals surface area contributed by atoms with Crippen molar-refractivity contribution in [3.8, 4) is 0 Å². The molecule has 1 heterocycles. The Morgan fingerprint density at radius 3 is 2.43 bits per heavy atom. The van der Waals surface area contributed by atoms with Gasteiger partial charge in [-0.15, -0.1) is 11.8 Å². The second-order valence-corrected chi connectivity index (χ2v) is 7.52. The van der Waals surface area contributed by atoms with Gasteiger partial charge < -0.3 is 10.2 Å². The van der Waals surface area contributed by atoms with Crippen LogP contribution in [-0.2, 0) is 9.59 Å². The lowest BCUT2D eigenvalue weighted by atomic mass is 10.3. The van der Waals surface area contributed by atoms with Crippen molar-refractivity contribution in [2.75, 3.05) is 45.0 Å². The molecule has 1 aliphatic rings. The van der Waals surface area contributed by atoms with Gasteiger partial charge in [0.2, 0.25) is 11.8 Å². The van der Waals surface area contributed by atoms with Crippen LogP contribution in [-0.4, -0.2) is 66.6 Å². The van der Waals surface area contributed by atoms with E-state index in [1.807, 2.05) is 17.0 Å². The first kappa shape index (κ1) is 18.3. The zero-order valence-corrected chi connectivity index (χ0v) is 15.7. The Labute approximate surface area is 149 Å². The summed E-state index contributed by atoms with van der Waals surface area (Å²) >= 11 is 5.14. The number of thioether (sulfide) groups is 1. The second kappa shape index (κ2) is 9.30. The minimum atomic E-state index is 0.0534. The van der Waals surface area contributed by atoms with Crippen LogP contribution in [0.4, 0.5) is 0 Å². The minimum absolute atomic E-state index is 0.0534. The van der Waals surface area contributed by atoms with E-state index in [-0.39, 0.29) is 11.8 Å². The van der Waals surface area contributed by atoms with Gasteiger partial charge >= 0.3 is 0 Å².